The topological polar surface area (TPSA) is 66.3 Å². The molecule has 0 N–H and O–H groups in total. The third kappa shape index (κ3) is 5.87. The molecule has 6 aromatic rings. The maximum Gasteiger partial charge on any atom is 0.181 e. The number of hydrogen-bond acceptors (Lipinski definition) is 4. The first kappa shape index (κ1) is 30.7. The van der Waals surface area contributed by atoms with Crippen LogP contribution < -0.4 is 0 Å². The third-order valence-corrected chi connectivity index (χ3v) is 7.42. The number of aryl methyl sites for hydroxylation is 2. The van der Waals surface area contributed by atoms with Crippen LogP contribution in [0.1, 0.15) is 82.8 Å². The minimum Gasteiger partial charge on any atom is -0.273 e. The average Bonchev–Trinajstić information content (AvgIpc) is 3.68. The lowest BCUT2D eigenvalue weighted by molar-refractivity contribution is 0.547. The molecule has 0 saturated carbocycles. The van der Waals surface area contributed by atoms with Gasteiger partial charge in [0.05, 0.1) is 22.6 Å². The molecule has 6 rings (SSSR count). The Bertz CT molecular complexity index is 1770. The van der Waals surface area contributed by atoms with Crippen LogP contribution in [0.25, 0.3) is 38.9 Å². The quantitative estimate of drug-likeness (QED) is 0.203. The highest BCUT2D eigenvalue weighted by Gasteiger charge is 2.23. The number of pyridine rings is 1. The second kappa shape index (κ2) is 13.1. The van der Waals surface area contributed by atoms with E-state index in [-0.39, 0.29) is 0 Å². The minimum absolute atomic E-state index is 0.303. The molecule has 7 nitrogen and oxygen atoms in total. The highest BCUT2D eigenvalue weighted by atomic mass is 15.3. The molecule has 0 aliphatic carbocycles. The molecule has 7 heteroatoms. The lowest BCUT2D eigenvalue weighted by Gasteiger charge is -2.11. The van der Waals surface area contributed by atoms with E-state index in [0.717, 1.165) is 56.8 Å². The Balaban J connectivity index is 0.000000972. The molecule has 0 bridgehead atoms. The van der Waals surface area contributed by atoms with Gasteiger partial charge < -0.3 is 0 Å². The van der Waals surface area contributed by atoms with Crippen molar-refractivity contribution in [2.75, 3.05) is 0 Å². The molecule has 220 valence electrons. The summed E-state index contributed by atoms with van der Waals surface area (Å²) in [6.07, 6.45) is 4.18. The van der Waals surface area contributed by atoms with E-state index in [0.29, 0.717) is 11.8 Å². The first-order chi connectivity index (χ1) is 20.3. The van der Waals surface area contributed by atoms with Gasteiger partial charge in [-0.2, -0.15) is 15.3 Å². The van der Waals surface area contributed by atoms with Crippen LogP contribution in [0.3, 0.4) is 0 Å². The van der Waals surface area contributed by atoms with Gasteiger partial charge in [-0.25, -0.2) is 9.67 Å². The fourth-order valence-corrected chi connectivity index (χ4v) is 5.56. The maximum absolute atomic E-state index is 5.23. The van der Waals surface area contributed by atoms with Crippen LogP contribution in [0.2, 0.25) is 0 Å². The van der Waals surface area contributed by atoms with E-state index >= 15 is 0 Å². The largest absolute Gasteiger partial charge is 0.273 e. The van der Waals surface area contributed by atoms with E-state index in [1.54, 1.807) is 4.68 Å². The predicted molar refractivity (Wildman–Crippen MR) is 175 cm³/mol. The summed E-state index contributed by atoms with van der Waals surface area (Å²) in [5.41, 5.74) is 9.44. The van der Waals surface area contributed by atoms with Crippen molar-refractivity contribution in [2.45, 2.75) is 80.7 Å². The van der Waals surface area contributed by atoms with E-state index in [1.165, 1.54) is 11.1 Å². The second-order valence-corrected chi connectivity index (χ2v) is 10.6. The lowest BCUT2D eigenvalue weighted by atomic mass is 9.95. The molecule has 1 atom stereocenters. The summed E-state index contributed by atoms with van der Waals surface area (Å²) >= 11 is 0. The van der Waals surface area contributed by atoms with Crippen LogP contribution in [0.15, 0.2) is 67.0 Å². The summed E-state index contributed by atoms with van der Waals surface area (Å²) in [6.45, 7) is 19.7. The number of fused-ring (bicyclic) bond motifs is 2. The zero-order valence-electron chi connectivity index (χ0n) is 26.8. The van der Waals surface area contributed by atoms with Gasteiger partial charge in [0.1, 0.15) is 0 Å². The Morgan fingerprint density at radius 2 is 1.52 bits per heavy atom. The molecule has 0 radical (unpaired) electrons. The maximum atomic E-state index is 5.23. The van der Waals surface area contributed by atoms with E-state index in [4.69, 9.17) is 15.2 Å². The molecule has 4 heterocycles. The van der Waals surface area contributed by atoms with Crippen molar-refractivity contribution < 1.29 is 0 Å². The standard InChI is InChI=1S/C31H33N7.2C2H6/c1-19(2)29-22(5)38(28-15-24-17-36(6)35-31(24)32-21(28)4)34-30(29)25-13-10-14-27-26(25)18-37(33-27)16-20(3)23-11-8-7-9-12-23;2*1-2/h7-15,17-20H,16H2,1-6H3;2*1-2H3. The third-order valence-electron chi connectivity index (χ3n) is 7.42. The molecule has 0 aliphatic heterocycles. The normalized spacial score (nSPS) is 11.8. The monoisotopic (exact) mass is 563 g/mol. The molecule has 0 amide bonds. The van der Waals surface area contributed by atoms with Gasteiger partial charge in [0.15, 0.2) is 5.65 Å². The minimum atomic E-state index is 0.303. The second-order valence-electron chi connectivity index (χ2n) is 10.6. The Morgan fingerprint density at radius 1 is 0.810 bits per heavy atom. The summed E-state index contributed by atoms with van der Waals surface area (Å²) in [4.78, 5) is 4.77. The van der Waals surface area contributed by atoms with Crippen molar-refractivity contribution in [3.05, 3.63) is 89.5 Å². The summed E-state index contributed by atoms with van der Waals surface area (Å²) < 4.78 is 5.94. The molecule has 0 aliphatic rings. The molecule has 1 unspecified atom stereocenters. The van der Waals surface area contributed by atoms with Gasteiger partial charge >= 0.3 is 0 Å². The summed E-state index contributed by atoms with van der Waals surface area (Å²) in [6, 6.07) is 19.1. The lowest BCUT2D eigenvalue weighted by Crippen LogP contribution is -2.06. The van der Waals surface area contributed by atoms with E-state index in [1.807, 2.05) is 47.9 Å². The molecule has 0 saturated heterocycles. The fourth-order valence-electron chi connectivity index (χ4n) is 5.56. The highest BCUT2D eigenvalue weighted by Crippen LogP contribution is 2.37. The average molecular weight is 564 g/mol. The van der Waals surface area contributed by atoms with Gasteiger partial charge in [0.25, 0.3) is 0 Å². The summed E-state index contributed by atoms with van der Waals surface area (Å²) in [5.74, 6) is 0.664. The fraction of sp³-hybridized carbons (Fsp3) is 0.371. The molecule has 0 spiro atoms. The van der Waals surface area contributed by atoms with Crippen molar-refractivity contribution in [3.8, 4) is 16.9 Å². The zero-order valence-corrected chi connectivity index (χ0v) is 26.8. The number of nitrogens with zero attached hydrogens (tertiary/aromatic N) is 7. The summed E-state index contributed by atoms with van der Waals surface area (Å²) in [7, 11) is 1.92. The Hall–Kier alpha value is -4.26. The predicted octanol–water partition coefficient (Wildman–Crippen LogP) is 8.77. The first-order valence-corrected chi connectivity index (χ1v) is 15.2. The van der Waals surface area contributed by atoms with Gasteiger partial charge in [0, 0.05) is 59.5 Å². The van der Waals surface area contributed by atoms with Gasteiger partial charge in [-0.15, -0.1) is 0 Å². The number of rotatable bonds is 6. The molecular formula is C35H45N7. The van der Waals surface area contributed by atoms with Crippen molar-refractivity contribution in [1.29, 1.82) is 0 Å². The van der Waals surface area contributed by atoms with Crippen molar-refractivity contribution in [1.82, 2.24) is 34.3 Å². The van der Waals surface area contributed by atoms with Crippen molar-refractivity contribution in [3.63, 3.8) is 0 Å². The number of hydrogen-bond donors (Lipinski definition) is 0. The van der Waals surface area contributed by atoms with Crippen LogP contribution >= 0.6 is 0 Å². The molecule has 4 aromatic heterocycles. The van der Waals surface area contributed by atoms with Gasteiger partial charge in [-0.3, -0.25) is 9.36 Å². The van der Waals surface area contributed by atoms with E-state index in [9.17, 15) is 0 Å². The Kier molecular flexibility index (Phi) is 9.61. The zero-order chi connectivity index (χ0) is 30.6. The number of benzene rings is 2. The van der Waals surface area contributed by atoms with Gasteiger partial charge in [-0.05, 0) is 37.5 Å². The Morgan fingerprint density at radius 3 is 2.21 bits per heavy atom. The van der Waals surface area contributed by atoms with Gasteiger partial charge in [0.2, 0.25) is 0 Å². The van der Waals surface area contributed by atoms with Crippen LogP contribution in [-0.4, -0.2) is 34.3 Å². The SMILES string of the molecule is CC.CC.Cc1nc2nn(C)cc2cc1-n1nc(-c2cccc3nn(CC(C)c4ccccc4)cc23)c(C(C)C)c1C. The highest BCUT2D eigenvalue weighted by molar-refractivity contribution is 5.94. The number of aromatic nitrogens is 7. The molecular weight excluding hydrogens is 518 g/mol. The Labute approximate surface area is 250 Å². The van der Waals surface area contributed by atoms with E-state index in [2.05, 4.69) is 103 Å². The first-order valence-electron chi connectivity index (χ1n) is 15.2. The molecule has 42 heavy (non-hydrogen) atoms. The molecule has 0 fully saturated rings. The van der Waals surface area contributed by atoms with Crippen LogP contribution in [-0.2, 0) is 13.6 Å². The van der Waals surface area contributed by atoms with Crippen molar-refractivity contribution >= 4 is 21.9 Å². The molecule has 2 aromatic carbocycles. The summed E-state index contributed by atoms with van der Waals surface area (Å²) in [5, 5.41) is 16.8. The van der Waals surface area contributed by atoms with Crippen LogP contribution in [0.5, 0.6) is 0 Å². The van der Waals surface area contributed by atoms with Crippen molar-refractivity contribution in [2.24, 2.45) is 7.05 Å². The smallest absolute Gasteiger partial charge is 0.181 e. The van der Waals surface area contributed by atoms with Crippen LogP contribution in [0, 0.1) is 13.8 Å². The van der Waals surface area contributed by atoms with Gasteiger partial charge in [-0.1, -0.05) is 90.9 Å². The van der Waals surface area contributed by atoms with E-state index < -0.39 is 0 Å². The van der Waals surface area contributed by atoms with Crippen LogP contribution in [0.4, 0.5) is 0 Å².